The van der Waals surface area contributed by atoms with Gasteiger partial charge in [0.15, 0.2) is 6.10 Å². The van der Waals surface area contributed by atoms with Gasteiger partial charge < -0.3 is 19.6 Å². The van der Waals surface area contributed by atoms with Crippen LogP contribution in [0.5, 0.6) is 5.75 Å². The largest absolute Gasteiger partial charge is 0.573 e. The fourth-order valence-corrected chi connectivity index (χ4v) is 5.78. The summed E-state index contributed by atoms with van der Waals surface area (Å²) in [6.45, 7) is 0.0120. The minimum absolute atomic E-state index is 0.0323. The summed E-state index contributed by atoms with van der Waals surface area (Å²) in [5, 5.41) is 9.91. The standard InChI is InChI=1S/C29H27F7N2O2/c30-21-11-12-37(16-21)22-7-3-5-19(13-22)15-27(20-6-4-8-23(14-20)40-29(34,35)36)18-38(17-26(39)28(31,32)33)25-10-2-1-9-24(25)27/h1-10,13-14,21,26,39H,11-12,15-18H2/t21?,26-,27?/m1/s1. The number of hydrogen-bond acceptors (Lipinski definition) is 4. The minimum atomic E-state index is -4.93. The van der Waals surface area contributed by atoms with E-state index in [-0.39, 0.29) is 19.5 Å². The van der Waals surface area contributed by atoms with Crippen LogP contribution in [0.25, 0.3) is 0 Å². The highest BCUT2D eigenvalue weighted by atomic mass is 19.4. The van der Waals surface area contributed by atoms with Crippen molar-refractivity contribution in [3.8, 4) is 5.75 Å². The van der Waals surface area contributed by atoms with E-state index in [0.717, 1.165) is 17.3 Å². The summed E-state index contributed by atoms with van der Waals surface area (Å²) < 4.78 is 97.3. The zero-order valence-corrected chi connectivity index (χ0v) is 21.2. The molecular weight excluding hydrogens is 541 g/mol. The monoisotopic (exact) mass is 568 g/mol. The van der Waals surface area contributed by atoms with E-state index in [9.17, 15) is 35.8 Å². The van der Waals surface area contributed by atoms with E-state index >= 15 is 0 Å². The van der Waals surface area contributed by atoms with Crippen LogP contribution in [0.15, 0.2) is 72.8 Å². The quantitative estimate of drug-likeness (QED) is 0.335. The molecule has 3 atom stereocenters. The van der Waals surface area contributed by atoms with Crippen LogP contribution in [0.2, 0.25) is 0 Å². The van der Waals surface area contributed by atoms with Crippen molar-refractivity contribution in [2.24, 2.45) is 0 Å². The first kappa shape index (κ1) is 28.1. The molecule has 0 bridgehead atoms. The summed E-state index contributed by atoms with van der Waals surface area (Å²) in [5.74, 6) is -0.449. The van der Waals surface area contributed by atoms with Gasteiger partial charge in [-0.2, -0.15) is 13.2 Å². The number of aliphatic hydroxyl groups is 1. The zero-order chi connectivity index (χ0) is 28.7. The lowest BCUT2D eigenvalue weighted by Crippen LogP contribution is -2.44. The summed E-state index contributed by atoms with van der Waals surface area (Å²) in [5.41, 5.74) is 1.96. The maximum atomic E-state index is 13.9. The number of rotatable bonds is 7. The molecule has 40 heavy (non-hydrogen) atoms. The lowest BCUT2D eigenvalue weighted by atomic mass is 9.71. The van der Waals surface area contributed by atoms with Crippen molar-refractivity contribution < 1.29 is 40.6 Å². The number of alkyl halides is 7. The number of halogens is 7. The van der Waals surface area contributed by atoms with E-state index in [4.69, 9.17) is 0 Å². The van der Waals surface area contributed by atoms with Gasteiger partial charge in [-0.3, -0.25) is 0 Å². The molecule has 4 nitrogen and oxygen atoms in total. The number of benzene rings is 3. The first-order valence-corrected chi connectivity index (χ1v) is 12.8. The van der Waals surface area contributed by atoms with Crippen LogP contribution in [0.4, 0.5) is 42.1 Å². The lowest BCUT2D eigenvalue weighted by molar-refractivity contribution is -0.274. The fraction of sp³-hybridized carbons (Fsp3) is 0.379. The summed E-state index contributed by atoms with van der Waals surface area (Å²) in [6.07, 6.45) is -12.7. The smallest absolute Gasteiger partial charge is 0.406 e. The van der Waals surface area contributed by atoms with E-state index < -0.39 is 42.5 Å². The second kappa shape index (κ2) is 10.5. The number of ether oxygens (including phenoxy) is 1. The van der Waals surface area contributed by atoms with E-state index in [0.29, 0.717) is 29.8 Å². The van der Waals surface area contributed by atoms with Crippen molar-refractivity contribution in [3.05, 3.63) is 89.5 Å². The second-order valence-corrected chi connectivity index (χ2v) is 10.3. The molecule has 2 unspecified atom stereocenters. The number of hydrogen-bond donors (Lipinski definition) is 1. The number of fused-ring (bicyclic) bond motifs is 1. The predicted octanol–water partition coefficient (Wildman–Crippen LogP) is 6.41. The van der Waals surface area contributed by atoms with Crippen molar-refractivity contribution >= 4 is 11.4 Å². The van der Waals surface area contributed by atoms with E-state index in [1.807, 2.05) is 23.1 Å². The molecule has 1 saturated heterocycles. The molecule has 0 amide bonds. The first-order valence-electron chi connectivity index (χ1n) is 12.8. The fourth-order valence-electron chi connectivity index (χ4n) is 5.78. The highest BCUT2D eigenvalue weighted by Gasteiger charge is 2.47. The van der Waals surface area contributed by atoms with Gasteiger partial charge in [0.05, 0.1) is 6.54 Å². The SMILES string of the molecule is O[C@H](CN1CC(Cc2cccc(N3CCC(F)C3)c2)(c2cccc(OC(F)(F)F)c2)c2ccccc21)C(F)(F)F. The second-order valence-electron chi connectivity index (χ2n) is 10.3. The van der Waals surface area contributed by atoms with Gasteiger partial charge in [0.1, 0.15) is 11.9 Å². The van der Waals surface area contributed by atoms with Crippen molar-refractivity contribution in [2.45, 2.75) is 43.1 Å². The van der Waals surface area contributed by atoms with E-state index in [1.165, 1.54) is 17.0 Å². The number of β-amino-alcohol motifs (C(OH)–C–C–N with tert-alkyl or cyclic N) is 1. The molecule has 1 N–H and O–H groups in total. The molecule has 0 aromatic heterocycles. The third-order valence-electron chi connectivity index (χ3n) is 7.52. The van der Waals surface area contributed by atoms with Gasteiger partial charge in [-0.25, -0.2) is 4.39 Å². The Hall–Kier alpha value is -3.47. The Kier molecular flexibility index (Phi) is 7.37. The molecule has 5 rings (SSSR count). The summed E-state index contributed by atoms with van der Waals surface area (Å²) >= 11 is 0. The zero-order valence-electron chi connectivity index (χ0n) is 21.2. The molecule has 0 radical (unpaired) electrons. The lowest BCUT2D eigenvalue weighted by Gasteiger charge is -2.33. The Morgan fingerprint density at radius 1 is 0.950 bits per heavy atom. The van der Waals surface area contributed by atoms with E-state index in [2.05, 4.69) is 4.74 Å². The van der Waals surface area contributed by atoms with Crippen LogP contribution in [-0.2, 0) is 11.8 Å². The highest BCUT2D eigenvalue weighted by molar-refractivity contribution is 5.67. The molecule has 3 aromatic carbocycles. The first-order chi connectivity index (χ1) is 18.8. The minimum Gasteiger partial charge on any atom is -0.406 e. The van der Waals surface area contributed by atoms with Gasteiger partial charge in [-0.05, 0) is 59.9 Å². The molecule has 0 saturated carbocycles. The number of nitrogens with zero attached hydrogens (tertiary/aromatic N) is 2. The maximum Gasteiger partial charge on any atom is 0.573 e. The molecule has 11 heteroatoms. The van der Waals surface area contributed by atoms with E-state index in [1.54, 1.807) is 36.4 Å². The van der Waals surface area contributed by atoms with Crippen molar-refractivity contribution in [1.29, 1.82) is 0 Å². The predicted molar refractivity (Wildman–Crippen MR) is 136 cm³/mol. The Morgan fingerprint density at radius 3 is 2.40 bits per heavy atom. The van der Waals surface area contributed by atoms with Crippen LogP contribution in [0.1, 0.15) is 23.1 Å². The number of anilines is 2. The van der Waals surface area contributed by atoms with Gasteiger partial charge in [-0.15, -0.1) is 13.2 Å². The van der Waals surface area contributed by atoms with Crippen molar-refractivity contribution in [2.75, 3.05) is 36.0 Å². The van der Waals surface area contributed by atoms with Crippen molar-refractivity contribution in [1.82, 2.24) is 0 Å². The summed E-state index contributed by atoms with van der Waals surface area (Å²) in [4.78, 5) is 3.33. The maximum absolute atomic E-state index is 13.9. The number of aliphatic hydroxyl groups excluding tert-OH is 1. The van der Waals surface area contributed by atoms with Gasteiger partial charge >= 0.3 is 12.5 Å². The Balaban J connectivity index is 1.59. The Labute approximate surface area is 226 Å². The average Bonchev–Trinajstić information content (AvgIpc) is 3.45. The average molecular weight is 569 g/mol. The summed E-state index contributed by atoms with van der Waals surface area (Å²) in [6, 6.07) is 19.6. The Morgan fingerprint density at radius 2 is 1.70 bits per heavy atom. The van der Waals surface area contributed by atoms with Crippen molar-refractivity contribution in [3.63, 3.8) is 0 Å². The molecule has 0 aliphatic carbocycles. The Bertz CT molecular complexity index is 1350. The van der Waals surface area contributed by atoms with Gasteiger partial charge in [-0.1, -0.05) is 42.5 Å². The normalized spacial score (nSPS) is 21.9. The topological polar surface area (TPSA) is 35.9 Å². The summed E-state index contributed by atoms with van der Waals surface area (Å²) in [7, 11) is 0. The molecule has 3 aromatic rings. The third kappa shape index (κ3) is 5.84. The van der Waals surface area contributed by atoms with Crippen LogP contribution in [-0.4, -0.2) is 56.1 Å². The molecule has 2 aliphatic heterocycles. The van der Waals surface area contributed by atoms with Gasteiger partial charge in [0.2, 0.25) is 0 Å². The third-order valence-corrected chi connectivity index (χ3v) is 7.52. The van der Waals surface area contributed by atoms with Crippen LogP contribution in [0, 0.1) is 0 Å². The van der Waals surface area contributed by atoms with Crippen LogP contribution in [0.3, 0.4) is 0 Å². The molecular formula is C29H27F7N2O2. The molecule has 214 valence electrons. The molecule has 0 spiro atoms. The highest BCUT2D eigenvalue weighted by Crippen LogP contribution is 2.48. The van der Waals surface area contributed by atoms with Gasteiger partial charge in [0, 0.05) is 36.4 Å². The van der Waals surface area contributed by atoms with Gasteiger partial charge in [0.25, 0.3) is 0 Å². The molecule has 2 aliphatic rings. The van der Waals surface area contributed by atoms with Crippen LogP contribution < -0.4 is 14.5 Å². The molecule has 1 fully saturated rings. The molecule has 2 heterocycles. The number of para-hydroxylation sites is 1. The van der Waals surface area contributed by atoms with Crippen LogP contribution >= 0.6 is 0 Å².